The second kappa shape index (κ2) is 8.15. The van der Waals surface area contributed by atoms with E-state index in [0.29, 0.717) is 0 Å². The molecule has 0 aliphatic carbocycles. The summed E-state index contributed by atoms with van der Waals surface area (Å²) in [5, 5.41) is 4.50. The number of rotatable bonds is 6. The molecular formula is C22H28N4OS. The van der Waals surface area contributed by atoms with Gasteiger partial charge in [-0.05, 0) is 75.1 Å². The van der Waals surface area contributed by atoms with E-state index in [1.807, 2.05) is 25.5 Å². The van der Waals surface area contributed by atoms with E-state index in [-0.39, 0.29) is 5.41 Å². The average Bonchev–Trinajstić information content (AvgIpc) is 3.13. The van der Waals surface area contributed by atoms with Crippen LogP contribution >= 0.6 is 11.9 Å². The van der Waals surface area contributed by atoms with Crippen molar-refractivity contribution >= 4 is 23.0 Å². The zero-order chi connectivity index (χ0) is 19.6. The molecule has 1 saturated heterocycles. The predicted octanol–water partition coefficient (Wildman–Crippen LogP) is 4.53. The third-order valence-corrected chi connectivity index (χ3v) is 6.50. The van der Waals surface area contributed by atoms with Crippen molar-refractivity contribution in [1.82, 2.24) is 20.0 Å². The van der Waals surface area contributed by atoms with Crippen LogP contribution in [0.15, 0.2) is 41.6 Å². The van der Waals surface area contributed by atoms with Gasteiger partial charge < -0.3 is 15.0 Å². The van der Waals surface area contributed by atoms with Gasteiger partial charge in [0.1, 0.15) is 11.4 Å². The van der Waals surface area contributed by atoms with Crippen molar-refractivity contribution < 1.29 is 4.74 Å². The lowest BCUT2D eigenvalue weighted by atomic mass is 9.82. The van der Waals surface area contributed by atoms with Gasteiger partial charge in [0.05, 0.1) is 12.0 Å². The fourth-order valence-electron chi connectivity index (χ4n) is 3.84. The number of H-pyrrole nitrogens is 1. The van der Waals surface area contributed by atoms with Gasteiger partial charge in [0.15, 0.2) is 0 Å². The second-order valence-corrected chi connectivity index (χ2v) is 8.92. The van der Waals surface area contributed by atoms with Crippen molar-refractivity contribution in [2.75, 3.05) is 26.7 Å². The number of aromatic nitrogens is 2. The fourth-order valence-corrected chi connectivity index (χ4v) is 4.42. The van der Waals surface area contributed by atoms with E-state index >= 15 is 0 Å². The number of nitrogens with zero attached hydrogens (tertiary/aromatic N) is 1. The third kappa shape index (κ3) is 3.90. The molecule has 0 saturated carbocycles. The van der Waals surface area contributed by atoms with Gasteiger partial charge in [-0.2, -0.15) is 0 Å². The van der Waals surface area contributed by atoms with Crippen LogP contribution in [-0.2, 0) is 0 Å². The largest absolute Gasteiger partial charge is 0.492 e. The molecule has 6 heteroatoms. The van der Waals surface area contributed by atoms with Crippen molar-refractivity contribution in [3.05, 3.63) is 42.2 Å². The molecule has 0 unspecified atom stereocenters. The molecule has 2 aromatic heterocycles. The quantitative estimate of drug-likeness (QED) is 0.534. The van der Waals surface area contributed by atoms with E-state index in [9.17, 15) is 0 Å². The van der Waals surface area contributed by atoms with Crippen molar-refractivity contribution in [2.24, 2.45) is 5.41 Å². The number of aryl methyl sites for hydroxylation is 1. The van der Waals surface area contributed by atoms with Crippen LogP contribution in [0.1, 0.15) is 25.3 Å². The standard InChI is InChI=1S/C22H28N4OS/c1-15-12-16(4-5-19(15)28-23-3)17-13-26-21-20(17)18(6-9-25-21)27-14-22(2)7-10-24-11-8-22/h4-6,9,12-13,23-24H,7-8,10-11,14H2,1-3H3,(H,25,26). The van der Waals surface area contributed by atoms with Gasteiger partial charge in [0, 0.05) is 28.3 Å². The number of hydrogen-bond acceptors (Lipinski definition) is 5. The van der Waals surface area contributed by atoms with E-state index in [0.717, 1.165) is 54.9 Å². The van der Waals surface area contributed by atoms with Gasteiger partial charge in [-0.15, -0.1) is 0 Å². The van der Waals surface area contributed by atoms with Crippen molar-refractivity contribution in [1.29, 1.82) is 0 Å². The average molecular weight is 397 g/mol. The smallest absolute Gasteiger partial charge is 0.141 e. The monoisotopic (exact) mass is 396 g/mol. The first-order valence-corrected chi connectivity index (χ1v) is 10.7. The van der Waals surface area contributed by atoms with Gasteiger partial charge in [-0.3, -0.25) is 4.72 Å². The Hall–Kier alpha value is -2.02. The Balaban J connectivity index is 1.66. The molecular weight excluding hydrogens is 368 g/mol. The summed E-state index contributed by atoms with van der Waals surface area (Å²) in [6, 6.07) is 8.55. The molecule has 0 spiro atoms. The molecule has 1 aromatic carbocycles. The van der Waals surface area contributed by atoms with Crippen molar-refractivity contribution in [2.45, 2.75) is 31.6 Å². The number of pyridine rings is 1. The first-order chi connectivity index (χ1) is 13.6. The molecule has 1 aliphatic rings. The molecule has 148 valence electrons. The Morgan fingerprint density at radius 2 is 2.07 bits per heavy atom. The van der Waals surface area contributed by atoms with Crippen LogP contribution in [0.25, 0.3) is 22.2 Å². The summed E-state index contributed by atoms with van der Waals surface area (Å²) in [6.07, 6.45) is 6.15. The molecule has 0 atom stereocenters. The van der Waals surface area contributed by atoms with Crippen LogP contribution in [0.4, 0.5) is 0 Å². The predicted molar refractivity (Wildman–Crippen MR) is 117 cm³/mol. The number of piperidine rings is 1. The maximum atomic E-state index is 6.37. The van der Waals surface area contributed by atoms with E-state index in [1.54, 1.807) is 11.9 Å². The minimum atomic E-state index is 0.222. The molecule has 5 nitrogen and oxygen atoms in total. The highest BCUT2D eigenvalue weighted by Gasteiger charge is 2.28. The summed E-state index contributed by atoms with van der Waals surface area (Å²) < 4.78 is 9.52. The highest BCUT2D eigenvalue weighted by Crippen LogP contribution is 2.37. The Bertz CT molecular complexity index is 962. The highest BCUT2D eigenvalue weighted by atomic mass is 32.2. The molecule has 3 aromatic rings. The number of nitrogens with one attached hydrogen (secondary N) is 3. The maximum absolute atomic E-state index is 6.37. The molecule has 1 fully saturated rings. The van der Waals surface area contributed by atoms with Gasteiger partial charge in [-0.1, -0.05) is 19.1 Å². The molecule has 0 bridgehead atoms. The summed E-state index contributed by atoms with van der Waals surface area (Å²) >= 11 is 1.64. The summed E-state index contributed by atoms with van der Waals surface area (Å²) in [4.78, 5) is 9.06. The number of fused-ring (bicyclic) bond motifs is 1. The minimum Gasteiger partial charge on any atom is -0.492 e. The Morgan fingerprint density at radius 3 is 2.82 bits per heavy atom. The normalized spacial score (nSPS) is 16.4. The fraction of sp³-hybridized carbons (Fsp3) is 0.409. The highest BCUT2D eigenvalue weighted by molar-refractivity contribution is 7.97. The number of hydrogen-bond donors (Lipinski definition) is 3. The third-order valence-electron chi connectivity index (χ3n) is 5.62. The molecule has 1 aliphatic heterocycles. The van der Waals surface area contributed by atoms with Crippen LogP contribution in [0, 0.1) is 12.3 Å². The van der Waals surface area contributed by atoms with Crippen LogP contribution in [0.3, 0.4) is 0 Å². The van der Waals surface area contributed by atoms with Gasteiger partial charge in [0.2, 0.25) is 0 Å². The van der Waals surface area contributed by atoms with Gasteiger partial charge >= 0.3 is 0 Å². The van der Waals surface area contributed by atoms with E-state index in [4.69, 9.17) is 4.74 Å². The second-order valence-electron chi connectivity index (χ2n) is 7.87. The van der Waals surface area contributed by atoms with Crippen LogP contribution in [-0.4, -0.2) is 36.7 Å². The Labute approximate surface area is 170 Å². The first kappa shape index (κ1) is 19.3. The summed E-state index contributed by atoms with van der Waals surface area (Å²) in [6.45, 7) is 7.33. The molecule has 28 heavy (non-hydrogen) atoms. The molecule has 3 heterocycles. The van der Waals surface area contributed by atoms with Gasteiger partial charge in [0.25, 0.3) is 0 Å². The van der Waals surface area contributed by atoms with Crippen LogP contribution in [0.2, 0.25) is 0 Å². The van der Waals surface area contributed by atoms with E-state index < -0.39 is 0 Å². The Morgan fingerprint density at radius 1 is 1.25 bits per heavy atom. The van der Waals surface area contributed by atoms with Crippen LogP contribution in [0.5, 0.6) is 5.75 Å². The van der Waals surface area contributed by atoms with Crippen molar-refractivity contribution in [3.8, 4) is 16.9 Å². The zero-order valence-electron chi connectivity index (χ0n) is 16.8. The topological polar surface area (TPSA) is 62.0 Å². The lowest BCUT2D eigenvalue weighted by Crippen LogP contribution is -2.38. The lowest BCUT2D eigenvalue weighted by Gasteiger charge is -2.33. The molecule has 3 N–H and O–H groups in total. The minimum absolute atomic E-state index is 0.222. The van der Waals surface area contributed by atoms with E-state index in [2.05, 4.69) is 52.1 Å². The Kier molecular flexibility index (Phi) is 5.62. The summed E-state index contributed by atoms with van der Waals surface area (Å²) in [7, 11) is 1.94. The number of ether oxygens (including phenoxy) is 1. The SMILES string of the molecule is CNSc1ccc(-c2c[nH]c3nccc(OCC4(C)CCNCC4)c23)cc1C. The zero-order valence-corrected chi connectivity index (χ0v) is 17.6. The molecule has 4 rings (SSSR count). The van der Waals surface area contributed by atoms with Gasteiger partial charge in [-0.25, -0.2) is 4.98 Å². The summed E-state index contributed by atoms with van der Waals surface area (Å²) in [5.74, 6) is 0.910. The number of aromatic amines is 1. The molecule has 0 radical (unpaired) electrons. The first-order valence-electron chi connectivity index (χ1n) is 9.84. The lowest BCUT2D eigenvalue weighted by molar-refractivity contribution is 0.124. The summed E-state index contributed by atoms with van der Waals surface area (Å²) in [5.41, 5.74) is 4.65. The van der Waals surface area contributed by atoms with Crippen molar-refractivity contribution in [3.63, 3.8) is 0 Å². The van der Waals surface area contributed by atoms with Crippen LogP contribution < -0.4 is 14.8 Å². The maximum Gasteiger partial charge on any atom is 0.141 e. The van der Waals surface area contributed by atoms with E-state index in [1.165, 1.54) is 16.0 Å². The number of benzene rings is 1. The molecule has 0 amide bonds.